The minimum atomic E-state index is -0.958. The maximum Gasteiger partial charge on any atom is 0.305 e. The summed E-state index contributed by atoms with van der Waals surface area (Å²) in [6.07, 6.45) is -0.109. The normalized spacial score (nSPS) is 9.50. The third-order valence-corrected chi connectivity index (χ3v) is 1.90. The summed E-state index contributed by atoms with van der Waals surface area (Å²) in [5, 5.41) is 12.8. The van der Waals surface area contributed by atoms with Crippen molar-refractivity contribution in [2.45, 2.75) is 6.42 Å². The number of carbonyl (C=O) groups excluding carboxylic acids is 1. The summed E-state index contributed by atoms with van der Waals surface area (Å²) in [6.45, 7) is 0.0914. The number of aliphatic carboxylic acids is 1. The molecule has 0 saturated heterocycles. The van der Waals surface area contributed by atoms with Gasteiger partial charge in [0.25, 0.3) is 5.91 Å². The van der Waals surface area contributed by atoms with Crippen LogP contribution < -0.4 is 10.4 Å². The number of hydrogen-bond donors (Lipinski definition) is 3. The molecule has 3 N–H and O–H groups in total. The fraction of sp³-hybridized carbons (Fsp3) is 0.200. The summed E-state index contributed by atoms with van der Waals surface area (Å²) in [5.74, 6) is -1.30. The molecular formula is C10H11N3O3. The van der Waals surface area contributed by atoms with E-state index in [1.54, 1.807) is 0 Å². The summed E-state index contributed by atoms with van der Waals surface area (Å²) in [5.41, 5.74) is 9.43. The quantitative estimate of drug-likeness (QED) is 0.591. The fourth-order valence-electron chi connectivity index (χ4n) is 1.08. The molecule has 0 aromatic heterocycles. The third kappa shape index (κ3) is 3.49. The predicted octanol–water partition coefficient (Wildman–Crippen LogP) is -0.375. The zero-order valence-electron chi connectivity index (χ0n) is 8.43. The van der Waals surface area contributed by atoms with Crippen molar-refractivity contribution in [2.24, 2.45) is 0 Å². The third-order valence-electron chi connectivity index (χ3n) is 1.90. The lowest BCUT2D eigenvalue weighted by Crippen LogP contribution is -2.54. The zero-order chi connectivity index (χ0) is 12.0. The SMILES string of the molecule is [N-]=[NH+]c1ccc(C(=O)NCCC(=O)O)cc1. The molecule has 0 fully saturated rings. The van der Waals surface area contributed by atoms with Gasteiger partial charge in [0.1, 0.15) is 0 Å². The van der Waals surface area contributed by atoms with Crippen LogP contribution in [-0.4, -0.2) is 23.5 Å². The van der Waals surface area contributed by atoms with Gasteiger partial charge in [-0.1, -0.05) is 0 Å². The molecule has 1 aromatic rings. The maximum atomic E-state index is 11.4. The summed E-state index contributed by atoms with van der Waals surface area (Å²) in [4.78, 5) is 21.7. The number of carboxylic acids is 1. The number of rotatable bonds is 5. The van der Waals surface area contributed by atoms with Crippen molar-refractivity contribution >= 4 is 17.6 Å². The van der Waals surface area contributed by atoms with Gasteiger partial charge in [0.15, 0.2) is 5.69 Å². The largest absolute Gasteiger partial charge is 0.502 e. The van der Waals surface area contributed by atoms with Gasteiger partial charge in [-0.2, -0.15) is 0 Å². The Morgan fingerprint density at radius 3 is 2.44 bits per heavy atom. The first-order valence-corrected chi connectivity index (χ1v) is 4.63. The number of nitrogens with one attached hydrogen (secondary N) is 2. The molecule has 6 nitrogen and oxygen atoms in total. The fourth-order valence-corrected chi connectivity index (χ4v) is 1.08. The van der Waals surface area contributed by atoms with E-state index in [1.165, 1.54) is 24.3 Å². The highest BCUT2D eigenvalue weighted by Gasteiger charge is 2.06. The van der Waals surface area contributed by atoms with E-state index >= 15 is 0 Å². The van der Waals surface area contributed by atoms with E-state index in [9.17, 15) is 9.59 Å². The minimum Gasteiger partial charge on any atom is -0.502 e. The number of hydrogen-bond acceptors (Lipinski definition) is 2. The molecule has 16 heavy (non-hydrogen) atoms. The molecule has 0 heterocycles. The molecule has 0 unspecified atom stereocenters. The first-order chi connectivity index (χ1) is 7.63. The van der Waals surface area contributed by atoms with Crippen LogP contribution in [0, 0.1) is 0 Å². The van der Waals surface area contributed by atoms with Crippen LogP contribution in [0.3, 0.4) is 0 Å². The van der Waals surface area contributed by atoms with Gasteiger partial charge in [0.2, 0.25) is 0 Å². The molecule has 1 rings (SSSR count). The lowest BCUT2D eigenvalue weighted by Gasteiger charge is -2.02. The Hall–Kier alpha value is -2.24. The summed E-state index contributed by atoms with van der Waals surface area (Å²) < 4.78 is 0. The lowest BCUT2D eigenvalue weighted by molar-refractivity contribution is -0.379. The van der Waals surface area contributed by atoms with Crippen LogP contribution in [0.15, 0.2) is 24.3 Å². The molecule has 84 valence electrons. The van der Waals surface area contributed by atoms with Crippen LogP contribution in [0.2, 0.25) is 0 Å². The van der Waals surface area contributed by atoms with E-state index in [4.69, 9.17) is 10.6 Å². The highest BCUT2D eigenvalue weighted by atomic mass is 16.4. The molecule has 0 saturated carbocycles. The first kappa shape index (κ1) is 11.8. The Labute approximate surface area is 91.8 Å². The second kappa shape index (κ2) is 5.59. The van der Waals surface area contributed by atoms with Crippen molar-refractivity contribution in [3.05, 3.63) is 35.4 Å². The Morgan fingerprint density at radius 2 is 1.94 bits per heavy atom. The average Bonchev–Trinajstić information content (AvgIpc) is 2.28. The van der Waals surface area contributed by atoms with Gasteiger partial charge in [0.05, 0.1) is 6.42 Å². The molecule has 1 aromatic carbocycles. The van der Waals surface area contributed by atoms with E-state index in [1.807, 2.05) is 5.11 Å². The van der Waals surface area contributed by atoms with Gasteiger partial charge in [-0.3, -0.25) is 14.7 Å². The topological polar surface area (TPSA) is 103 Å². The van der Waals surface area contributed by atoms with Crippen molar-refractivity contribution in [1.82, 2.24) is 5.32 Å². The molecule has 0 aliphatic heterocycles. The van der Waals surface area contributed by atoms with Crippen LogP contribution in [0.1, 0.15) is 16.8 Å². The molecule has 0 atom stereocenters. The van der Waals surface area contributed by atoms with Crippen LogP contribution in [0.25, 0.3) is 5.53 Å². The van der Waals surface area contributed by atoms with Crippen molar-refractivity contribution in [1.29, 1.82) is 0 Å². The summed E-state index contributed by atoms with van der Waals surface area (Å²) in [6, 6.07) is 6.11. The van der Waals surface area contributed by atoms with Gasteiger partial charge in [-0.25, -0.2) is 0 Å². The van der Waals surface area contributed by atoms with Crippen LogP contribution in [0.4, 0.5) is 5.69 Å². The standard InChI is InChI=1S/C10H11N3O3/c11-13-8-3-1-7(2-4-8)10(16)12-6-5-9(14)15/h1-4,13H,5-6H2,(H,12,16)(H,14,15). The summed E-state index contributed by atoms with van der Waals surface area (Å²) >= 11 is 0. The number of amides is 1. The van der Waals surface area contributed by atoms with E-state index in [-0.39, 0.29) is 18.9 Å². The number of benzene rings is 1. The van der Waals surface area contributed by atoms with Crippen molar-refractivity contribution < 1.29 is 19.8 Å². The maximum absolute atomic E-state index is 11.4. The summed E-state index contributed by atoms with van der Waals surface area (Å²) in [7, 11) is 0. The second-order valence-corrected chi connectivity index (χ2v) is 3.09. The van der Waals surface area contributed by atoms with Crippen molar-refractivity contribution in [2.75, 3.05) is 6.54 Å². The molecule has 6 heteroatoms. The lowest BCUT2D eigenvalue weighted by atomic mass is 10.2. The Balaban J connectivity index is 2.52. The highest BCUT2D eigenvalue weighted by molar-refractivity contribution is 5.94. The van der Waals surface area contributed by atoms with E-state index in [0.29, 0.717) is 11.3 Å². The van der Waals surface area contributed by atoms with Gasteiger partial charge >= 0.3 is 5.97 Å². The zero-order valence-corrected chi connectivity index (χ0v) is 8.43. The van der Waals surface area contributed by atoms with Crippen molar-refractivity contribution in [3.8, 4) is 0 Å². The number of carbonyl (C=O) groups is 2. The average molecular weight is 221 g/mol. The van der Waals surface area contributed by atoms with Crippen molar-refractivity contribution in [3.63, 3.8) is 0 Å². The molecule has 0 radical (unpaired) electrons. The van der Waals surface area contributed by atoms with Crippen LogP contribution in [-0.2, 0) is 4.79 Å². The van der Waals surface area contributed by atoms with Crippen LogP contribution >= 0.6 is 0 Å². The van der Waals surface area contributed by atoms with Gasteiger partial charge in [-0.05, 0) is 12.1 Å². The van der Waals surface area contributed by atoms with Gasteiger partial charge in [-0.15, -0.1) is 0 Å². The minimum absolute atomic E-state index is 0.0914. The molecule has 0 spiro atoms. The Kier molecular flexibility index (Phi) is 4.14. The molecular weight excluding hydrogens is 210 g/mol. The predicted molar refractivity (Wildman–Crippen MR) is 55.0 cm³/mol. The molecule has 0 aliphatic carbocycles. The Bertz CT molecular complexity index is 400. The van der Waals surface area contributed by atoms with Gasteiger partial charge in [0, 0.05) is 24.2 Å². The second-order valence-electron chi connectivity index (χ2n) is 3.09. The van der Waals surface area contributed by atoms with E-state index in [0.717, 1.165) is 0 Å². The molecule has 0 aliphatic rings. The molecule has 0 bridgehead atoms. The number of nitrogens with zero attached hydrogens (tertiary/aromatic N) is 1. The first-order valence-electron chi connectivity index (χ1n) is 4.63. The molecule has 1 amide bonds. The number of carboxylic acid groups (broad SMARTS) is 1. The van der Waals surface area contributed by atoms with Gasteiger partial charge < -0.3 is 16.0 Å². The smallest absolute Gasteiger partial charge is 0.305 e. The monoisotopic (exact) mass is 221 g/mol. The highest BCUT2D eigenvalue weighted by Crippen LogP contribution is 2.03. The van der Waals surface area contributed by atoms with Crippen LogP contribution in [0.5, 0.6) is 0 Å². The Morgan fingerprint density at radius 1 is 1.31 bits per heavy atom. The van der Waals surface area contributed by atoms with E-state index in [2.05, 4.69) is 5.32 Å². The van der Waals surface area contributed by atoms with E-state index < -0.39 is 5.97 Å².